The van der Waals surface area contributed by atoms with Crippen LogP contribution in [0.25, 0.3) is 11.2 Å². The fraction of sp³-hybridized carbons (Fsp3) is 0.250. The number of rotatable bonds is 6. The number of ether oxygens (including phenoxy) is 1. The lowest BCUT2D eigenvalue weighted by Gasteiger charge is -2.06. The number of anilines is 1. The number of carbonyl (C=O) groups is 1. The van der Waals surface area contributed by atoms with Crippen molar-refractivity contribution >= 4 is 23.0 Å². The summed E-state index contributed by atoms with van der Waals surface area (Å²) < 4.78 is 6.48. The van der Waals surface area contributed by atoms with Crippen molar-refractivity contribution in [1.82, 2.24) is 19.5 Å². The summed E-state index contributed by atoms with van der Waals surface area (Å²) in [7, 11) is 1.38. The van der Waals surface area contributed by atoms with Gasteiger partial charge in [-0.3, -0.25) is 4.79 Å². The van der Waals surface area contributed by atoms with Gasteiger partial charge in [0.2, 0.25) is 0 Å². The number of nitrogens with one attached hydrogen (secondary N) is 1. The first-order valence-corrected chi connectivity index (χ1v) is 7.28. The van der Waals surface area contributed by atoms with E-state index in [9.17, 15) is 4.79 Å². The Hall–Kier alpha value is -2.96. The maximum absolute atomic E-state index is 11.3. The Kier molecular flexibility index (Phi) is 4.46. The van der Waals surface area contributed by atoms with Gasteiger partial charge in [-0.1, -0.05) is 30.3 Å². The molecule has 2 heterocycles. The molecule has 1 aromatic carbocycles. The van der Waals surface area contributed by atoms with Gasteiger partial charge in [0.1, 0.15) is 11.8 Å². The highest BCUT2D eigenvalue weighted by atomic mass is 16.5. The molecular weight excluding hydrogens is 294 g/mol. The van der Waals surface area contributed by atoms with E-state index in [1.807, 2.05) is 34.9 Å². The molecule has 3 aromatic rings. The second-order valence-corrected chi connectivity index (χ2v) is 5.00. The van der Waals surface area contributed by atoms with Crippen LogP contribution >= 0.6 is 0 Å². The van der Waals surface area contributed by atoms with Gasteiger partial charge < -0.3 is 14.6 Å². The van der Waals surface area contributed by atoms with Crippen LogP contribution < -0.4 is 5.32 Å². The lowest BCUT2D eigenvalue weighted by Crippen LogP contribution is -2.07. The maximum atomic E-state index is 11.3. The van der Waals surface area contributed by atoms with Crippen molar-refractivity contribution in [3.05, 3.63) is 48.5 Å². The number of aryl methyl sites for hydroxylation is 1. The van der Waals surface area contributed by atoms with Gasteiger partial charge in [0.25, 0.3) is 0 Å². The lowest BCUT2D eigenvalue weighted by molar-refractivity contribution is -0.140. The Morgan fingerprint density at radius 3 is 2.83 bits per heavy atom. The van der Waals surface area contributed by atoms with Crippen LogP contribution in [-0.2, 0) is 22.6 Å². The zero-order chi connectivity index (χ0) is 16.1. The number of nitrogens with zero attached hydrogens (tertiary/aromatic N) is 4. The molecule has 0 aliphatic carbocycles. The van der Waals surface area contributed by atoms with E-state index in [0.29, 0.717) is 30.1 Å². The Balaban J connectivity index is 1.77. The molecule has 0 fully saturated rings. The molecule has 0 aliphatic heterocycles. The summed E-state index contributed by atoms with van der Waals surface area (Å²) >= 11 is 0. The predicted octanol–water partition coefficient (Wildman–Crippen LogP) is 2.00. The van der Waals surface area contributed by atoms with E-state index < -0.39 is 0 Å². The molecule has 0 saturated carbocycles. The quantitative estimate of drug-likeness (QED) is 0.701. The van der Waals surface area contributed by atoms with E-state index in [-0.39, 0.29) is 12.4 Å². The first-order valence-electron chi connectivity index (χ1n) is 7.28. The molecule has 7 heteroatoms. The van der Waals surface area contributed by atoms with Crippen LogP contribution in [0.5, 0.6) is 0 Å². The van der Waals surface area contributed by atoms with Gasteiger partial charge in [-0.15, -0.1) is 0 Å². The van der Waals surface area contributed by atoms with E-state index >= 15 is 0 Å². The van der Waals surface area contributed by atoms with Crippen LogP contribution in [0, 0.1) is 0 Å². The minimum Gasteiger partial charge on any atom is -0.469 e. The van der Waals surface area contributed by atoms with Crippen LogP contribution in [0.2, 0.25) is 0 Å². The molecule has 23 heavy (non-hydrogen) atoms. The molecule has 0 unspecified atom stereocenters. The zero-order valence-corrected chi connectivity index (χ0v) is 12.8. The second kappa shape index (κ2) is 6.87. The van der Waals surface area contributed by atoms with Crippen molar-refractivity contribution in [1.29, 1.82) is 0 Å². The summed E-state index contributed by atoms with van der Waals surface area (Å²) in [5, 5.41) is 3.27. The maximum Gasteiger partial charge on any atom is 0.307 e. The van der Waals surface area contributed by atoms with Gasteiger partial charge >= 0.3 is 5.97 Å². The summed E-state index contributed by atoms with van der Waals surface area (Å²) in [6, 6.07) is 10.1. The van der Waals surface area contributed by atoms with Gasteiger partial charge in [-0.2, -0.15) is 0 Å². The molecule has 0 atom stereocenters. The van der Waals surface area contributed by atoms with Crippen LogP contribution in [-0.4, -0.2) is 32.6 Å². The number of methoxy groups -OCH3 is 1. The van der Waals surface area contributed by atoms with E-state index in [1.54, 1.807) is 6.33 Å². The molecular formula is C16H17N5O2. The molecule has 0 amide bonds. The fourth-order valence-electron chi connectivity index (χ4n) is 2.27. The van der Waals surface area contributed by atoms with Crippen molar-refractivity contribution < 1.29 is 9.53 Å². The molecule has 3 rings (SSSR count). The lowest BCUT2D eigenvalue weighted by atomic mass is 10.2. The fourth-order valence-corrected chi connectivity index (χ4v) is 2.27. The van der Waals surface area contributed by atoms with Crippen molar-refractivity contribution in [2.45, 2.75) is 19.5 Å². The highest BCUT2D eigenvalue weighted by molar-refractivity contribution is 5.82. The molecule has 1 N–H and O–H groups in total. The van der Waals surface area contributed by atoms with Gasteiger partial charge in [-0.05, 0) is 5.56 Å². The Labute approximate surface area is 133 Å². The van der Waals surface area contributed by atoms with Crippen molar-refractivity contribution in [3.8, 4) is 0 Å². The second-order valence-electron chi connectivity index (χ2n) is 5.00. The number of benzene rings is 1. The molecule has 0 saturated heterocycles. The monoisotopic (exact) mass is 311 g/mol. The first-order chi connectivity index (χ1) is 11.3. The van der Waals surface area contributed by atoms with E-state index in [4.69, 9.17) is 0 Å². The first kappa shape index (κ1) is 15.0. The molecule has 7 nitrogen and oxygen atoms in total. The van der Waals surface area contributed by atoms with Gasteiger partial charge in [0.05, 0.1) is 19.9 Å². The molecule has 0 radical (unpaired) electrons. The number of aromatic nitrogens is 4. The normalized spacial score (nSPS) is 10.7. The van der Waals surface area contributed by atoms with Gasteiger partial charge in [0, 0.05) is 13.1 Å². The largest absolute Gasteiger partial charge is 0.469 e. The molecule has 0 aliphatic rings. The Morgan fingerprint density at radius 2 is 2.04 bits per heavy atom. The number of hydrogen-bond acceptors (Lipinski definition) is 6. The third kappa shape index (κ3) is 3.45. The molecule has 2 aromatic heterocycles. The minimum absolute atomic E-state index is 0.261. The zero-order valence-electron chi connectivity index (χ0n) is 12.8. The average molecular weight is 311 g/mol. The third-order valence-corrected chi connectivity index (χ3v) is 3.49. The standard InChI is InChI=1S/C16H17N5O2/c1-23-13(22)7-8-21-11-20-14-15(18-10-19-16(14)21)17-9-12-5-3-2-4-6-12/h2-6,10-11H,7-9H2,1H3,(H,17,18,19). The van der Waals surface area contributed by atoms with Crippen LogP contribution in [0.3, 0.4) is 0 Å². The SMILES string of the molecule is COC(=O)CCn1cnc2c(NCc3ccccc3)ncnc21. The molecule has 0 bridgehead atoms. The highest BCUT2D eigenvalue weighted by Gasteiger charge is 2.11. The third-order valence-electron chi connectivity index (χ3n) is 3.49. The Morgan fingerprint density at radius 1 is 1.22 bits per heavy atom. The van der Waals surface area contributed by atoms with Crippen LogP contribution in [0.4, 0.5) is 5.82 Å². The Bertz CT molecular complexity index is 801. The summed E-state index contributed by atoms with van der Waals surface area (Å²) in [5.41, 5.74) is 2.54. The van der Waals surface area contributed by atoms with Crippen molar-refractivity contribution in [2.75, 3.05) is 12.4 Å². The minimum atomic E-state index is -0.261. The highest BCUT2D eigenvalue weighted by Crippen LogP contribution is 2.18. The van der Waals surface area contributed by atoms with Crippen LogP contribution in [0.1, 0.15) is 12.0 Å². The molecule has 0 spiro atoms. The van der Waals surface area contributed by atoms with Gasteiger partial charge in [0.15, 0.2) is 11.5 Å². The number of hydrogen-bond donors (Lipinski definition) is 1. The van der Waals surface area contributed by atoms with Crippen molar-refractivity contribution in [2.24, 2.45) is 0 Å². The topological polar surface area (TPSA) is 81.9 Å². The van der Waals surface area contributed by atoms with Crippen LogP contribution in [0.15, 0.2) is 43.0 Å². The summed E-state index contributed by atoms with van der Waals surface area (Å²) in [6.07, 6.45) is 3.43. The van der Waals surface area contributed by atoms with Crippen molar-refractivity contribution in [3.63, 3.8) is 0 Å². The van der Waals surface area contributed by atoms with E-state index in [2.05, 4.69) is 25.0 Å². The summed E-state index contributed by atoms with van der Waals surface area (Å²) in [5.74, 6) is 0.416. The number of esters is 1. The average Bonchev–Trinajstić information content (AvgIpc) is 3.02. The summed E-state index contributed by atoms with van der Waals surface area (Å²) in [4.78, 5) is 24.1. The molecule has 118 valence electrons. The van der Waals surface area contributed by atoms with E-state index in [0.717, 1.165) is 5.56 Å². The number of carbonyl (C=O) groups excluding carboxylic acids is 1. The number of imidazole rings is 1. The van der Waals surface area contributed by atoms with Gasteiger partial charge in [-0.25, -0.2) is 15.0 Å². The van der Waals surface area contributed by atoms with E-state index in [1.165, 1.54) is 13.4 Å². The smallest absolute Gasteiger partial charge is 0.307 e. The predicted molar refractivity (Wildman–Crippen MR) is 85.7 cm³/mol. The summed E-state index contributed by atoms with van der Waals surface area (Å²) in [6.45, 7) is 1.13. The number of fused-ring (bicyclic) bond motifs is 1.